The van der Waals surface area contributed by atoms with Gasteiger partial charge in [0.25, 0.3) is 0 Å². The normalized spacial score (nSPS) is 22.1. The number of rotatable bonds is 10. The van der Waals surface area contributed by atoms with E-state index >= 15 is 0 Å². The number of unbranched alkanes of at least 4 members (excludes halogenated alkanes) is 1. The summed E-state index contributed by atoms with van der Waals surface area (Å²) in [6.07, 6.45) is 6.90. The summed E-state index contributed by atoms with van der Waals surface area (Å²) in [7, 11) is 3.52. The Hall–Kier alpha value is -1.64. The zero-order valence-electron chi connectivity index (χ0n) is 20.8. The molecule has 1 aromatic carbocycles. The Balaban J connectivity index is 1.40. The fourth-order valence-electron chi connectivity index (χ4n) is 4.82. The van der Waals surface area contributed by atoms with Crippen LogP contribution in [0, 0.1) is 5.92 Å². The number of halogens is 2. The van der Waals surface area contributed by atoms with Gasteiger partial charge in [0.05, 0.1) is 22.8 Å². The quantitative estimate of drug-likeness (QED) is 0.343. The van der Waals surface area contributed by atoms with Gasteiger partial charge in [0.2, 0.25) is 11.8 Å². The molecule has 3 rings (SSSR count). The SMILES string of the molecule is COCC1CN(CCCCN2CCN(C(=O)/C=C/c3ccc(Cl)c(Cl)c3)CCC2=O)CCC1OC. The number of ether oxygens (including phenoxy) is 2. The van der Waals surface area contributed by atoms with Crippen LogP contribution in [0.2, 0.25) is 10.0 Å². The van der Waals surface area contributed by atoms with Crippen molar-refractivity contribution in [1.29, 1.82) is 0 Å². The topological polar surface area (TPSA) is 62.3 Å². The molecule has 0 aliphatic carbocycles. The maximum atomic E-state index is 12.7. The van der Waals surface area contributed by atoms with Gasteiger partial charge in [-0.2, -0.15) is 0 Å². The Labute approximate surface area is 218 Å². The van der Waals surface area contributed by atoms with Crippen molar-refractivity contribution in [2.24, 2.45) is 5.92 Å². The lowest BCUT2D eigenvalue weighted by atomic mass is 9.95. The van der Waals surface area contributed by atoms with Gasteiger partial charge in [-0.25, -0.2) is 0 Å². The number of carbonyl (C=O) groups excluding carboxylic acids is 2. The third-order valence-electron chi connectivity index (χ3n) is 6.85. The molecule has 0 spiro atoms. The van der Waals surface area contributed by atoms with E-state index < -0.39 is 0 Å². The molecule has 2 amide bonds. The van der Waals surface area contributed by atoms with Gasteiger partial charge in [-0.1, -0.05) is 29.3 Å². The average Bonchev–Trinajstić information content (AvgIpc) is 3.04. The molecule has 35 heavy (non-hydrogen) atoms. The van der Waals surface area contributed by atoms with Crippen LogP contribution in [0.15, 0.2) is 24.3 Å². The fraction of sp³-hybridized carbons (Fsp3) is 0.615. The third-order valence-corrected chi connectivity index (χ3v) is 7.59. The number of methoxy groups -OCH3 is 2. The molecule has 2 heterocycles. The summed E-state index contributed by atoms with van der Waals surface area (Å²) in [5, 5.41) is 0.929. The van der Waals surface area contributed by atoms with Crippen LogP contribution in [0.4, 0.5) is 0 Å². The van der Waals surface area contributed by atoms with Crippen LogP contribution < -0.4 is 0 Å². The van der Waals surface area contributed by atoms with Crippen molar-refractivity contribution >= 4 is 41.1 Å². The van der Waals surface area contributed by atoms with Crippen LogP contribution in [0.1, 0.15) is 31.2 Å². The predicted octanol–water partition coefficient (Wildman–Crippen LogP) is 3.83. The number of piperidine rings is 1. The lowest BCUT2D eigenvalue weighted by molar-refractivity contribution is -0.130. The van der Waals surface area contributed by atoms with E-state index in [-0.39, 0.29) is 17.9 Å². The highest BCUT2D eigenvalue weighted by Crippen LogP contribution is 2.23. The molecule has 0 radical (unpaired) electrons. The molecule has 0 N–H and O–H groups in total. The van der Waals surface area contributed by atoms with Gasteiger partial charge in [-0.3, -0.25) is 9.59 Å². The first-order valence-corrected chi connectivity index (χ1v) is 13.1. The smallest absolute Gasteiger partial charge is 0.246 e. The van der Waals surface area contributed by atoms with E-state index in [4.69, 9.17) is 32.7 Å². The summed E-state index contributed by atoms with van der Waals surface area (Å²) in [5.74, 6) is 0.422. The Kier molecular flexibility index (Phi) is 11.3. The Morgan fingerprint density at radius 2 is 1.89 bits per heavy atom. The van der Waals surface area contributed by atoms with Gasteiger partial charge >= 0.3 is 0 Å². The molecule has 194 valence electrons. The molecule has 0 aromatic heterocycles. The zero-order chi connectivity index (χ0) is 25.2. The van der Waals surface area contributed by atoms with Gasteiger partial charge in [0, 0.05) is 71.9 Å². The van der Waals surface area contributed by atoms with Crippen LogP contribution >= 0.6 is 23.2 Å². The summed E-state index contributed by atoms with van der Waals surface area (Å²) >= 11 is 12.0. The first kappa shape index (κ1) is 27.9. The van der Waals surface area contributed by atoms with Crippen molar-refractivity contribution < 1.29 is 19.1 Å². The molecule has 0 saturated carbocycles. The highest BCUT2D eigenvalue weighted by Gasteiger charge is 2.29. The third kappa shape index (κ3) is 8.46. The summed E-state index contributed by atoms with van der Waals surface area (Å²) in [6, 6.07) is 5.23. The maximum absolute atomic E-state index is 12.7. The largest absolute Gasteiger partial charge is 0.384 e. The number of likely N-dealkylation sites (tertiary alicyclic amines) is 1. The summed E-state index contributed by atoms with van der Waals surface area (Å²) in [4.78, 5) is 31.4. The van der Waals surface area contributed by atoms with Crippen molar-refractivity contribution in [3.05, 3.63) is 39.9 Å². The second kappa shape index (κ2) is 14.2. The summed E-state index contributed by atoms with van der Waals surface area (Å²) < 4.78 is 11.0. The molecule has 2 fully saturated rings. The predicted molar refractivity (Wildman–Crippen MR) is 140 cm³/mol. The van der Waals surface area contributed by atoms with Gasteiger partial charge in [-0.15, -0.1) is 0 Å². The maximum Gasteiger partial charge on any atom is 0.246 e. The zero-order valence-corrected chi connectivity index (χ0v) is 22.3. The van der Waals surface area contributed by atoms with Crippen molar-refractivity contribution in [2.75, 3.05) is 66.6 Å². The minimum Gasteiger partial charge on any atom is -0.384 e. The number of amides is 2. The number of nitrogens with zero attached hydrogens (tertiary/aromatic N) is 3. The molecule has 7 nitrogen and oxygen atoms in total. The molecule has 9 heteroatoms. The van der Waals surface area contributed by atoms with Gasteiger partial charge in [0.1, 0.15) is 0 Å². The number of carbonyl (C=O) groups is 2. The minimum absolute atomic E-state index is 0.101. The summed E-state index contributed by atoms with van der Waals surface area (Å²) in [6.45, 7) is 6.04. The highest BCUT2D eigenvalue weighted by atomic mass is 35.5. The van der Waals surface area contributed by atoms with Crippen molar-refractivity contribution in [3.63, 3.8) is 0 Å². The molecular formula is C26H37Cl2N3O4. The average molecular weight is 527 g/mol. The van der Waals surface area contributed by atoms with E-state index in [0.717, 1.165) is 57.6 Å². The lowest BCUT2D eigenvalue weighted by Crippen LogP contribution is -2.46. The molecule has 0 bridgehead atoms. The first-order valence-electron chi connectivity index (χ1n) is 12.3. The Morgan fingerprint density at radius 1 is 1.09 bits per heavy atom. The number of hydrogen-bond donors (Lipinski definition) is 0. The summed E-state index contributed by atoms with van der Waals surface area (Å²) in [5.41, 5.74) is 0.806. The molecule has 2 unspecified atom stereocenters. The van der Waals surface area contributed by atoms with E-state index in [2.05, 4.69) is 4.90 Å². The van der Waals surface area contributed by atoms with Gasteiger partial charge in [0.15, 0.2) is 0 Å². The van der Waals surface area contributed by atoms with E-state index in [9.17, 15) is 9.59 Å². The van der Waals surface area contributed by atoms with Crippen LogP contribution in [-0.4, -0.2) is 99.3 Å². The second-order valence-electron chi connectivity index (χ2n) is 9.25. The molecule has 1 aromatic rings. The minimum atomic E-state index is -0.101. The molecule has 2 aliphatic rings. The second-order valence-corrected chi connectivity index (χ2v) is 10.1. The van der Waals surface area contributed by atoms with Gasteiger partial charge in [-0.05, 0) is 49.6 Å². The number of benzene rings is 1. The van der Waals surface area contributed by atoms with E-state index in [1.165, 1.54) is 6.08 Å². The fourth-order valence-corrected chi connectivity index (χ4v) is 5.13. The van der Waals surface area contributed by atoms with Crippen LogP contribution in [0.3, 0.4) is 0 Å². The number of hydrogen-bond acceptors (Lipinski definition) is 5. The van der Waals surface area contributed by atoms with Crippen LogP contribution in [-0.2, 0) is 19.1 Å². The van der Waals surface area contributed by atoms with Crippen LogP contribution in [0.5, 0.6) is 0 Å². The lowest BCUT2D eigenvalue weighted by Gasteiger charge is -2.37. The molecule has 2 atom stereocenters. The standard InChI is InChI=1S/C26H37Cl2N3O4/c1-34-19-21-18-29(13-9-24(21)35-2)11-3-4-12-30-15-16-31(14-10-26(30)33)25(32)8-6-20-5-7-22(27)23(28)17-20/h5-8,17,21,24H,3-4,9-16,18-19H2,1-2H3/b8-6+. The van der Waals surface area contributed by atoms with Crippen molar-refractivity contribution in [3.8, 4) is 0 Å². The van der Waals surface area contributed by atoms with E-state index in [1.807, 2.05) is 11.0 Å². The highest BCUT2D eigenvalue weighted by molar-refractivity contribution is 6.42. The Morgan fingerprint density at radius 3 is 2.63 bits per heavy atom. The molecular weight excluding hydrogens is 489 g/mol. The van der Waals surface area contributed by atoms with E-state index in [1.54, 1.807) is 37.3 Å². The van der Waals surface area contributed by atoms with Crippen LogP contribution in [0.25, 0.3) is 6.08 Å². The first-order chi connectivity index (χ1) is 16.9. The Bertz CT molecular complexity index is 882. The van der Waals surface area contributed by atoms with Crippen molar-refractivity contribution in [1.82, 2.24) is 14.7 Å². The molecule has 2 saturated heterocycles. The monoisotopic (exact) mass is 525 g/mol. The van der Waals surface area contributed by atoms with Crippen molar-refractivity contribution in [2.45, 2.75) is 31.8 Å². The van der Waals surface area contributed by atoms with Gasteiger partial charge < -0.3 is 24.2 Å². The molecule has 2 aliphatic heterocycles. The van der Waals surface area contributed by atoms with E-state index in [0.29, 0.717) is 42.0 Å².